The Labute approximate surface area is 206 Å². The van der Waals surface area contributed by atoms with Gasteiger partial charge in [-0.25, -0.2) is 0 Å². The largest absolute Gasteiger partial charge is 0.487 e. The van der Waals surface area contributed by atoms with Gasteiger partial charge in [0.1, 0.15) is 17.0 Å². The van der Waals surface area contributed by atoms with Gasteiger partial charge in [0, 0.05) is 48.3 Å². The van der Waals surface area contributed by atoms with Crippen molar-refractivity contribution in [2.45, 2.75) is 44.0 Å². The molecule has 0 aliphatic carbocycles. The number of aryl methyl sites for hydroxylation is 1. The van der Waals surface area contributed by atoms with Crippen LogP contribution in [-0.2, 0) is 10.9 Å². The number of nitrogens with one attached hydrogen (secondary N) is 1. The van der Waals surface area contributed by atoms with Gasteiger partial charge < -0.3 is 20.5 Å². The summed E-state index contributed by atoms with van der Waals surface area (Å²) in [5, 5.41) is 2.69. The molecule has 3 heterocycles. The Morgan fingerprint density at radius 1 is 1.11 bits per heavy atom. The van der Waals surface area contributed by atoms with Crippen LogP contribution in [0.4, 0.5) is 18.9 Å². The molecule has 2 aromatic carbocycles. The van der Waals surface area contributed by atoms with Gasteiger partial charge in [0.25, 0.3) is 5.91 Å². The second-order valence-electron chi connectivity index (χ2n) is 9.37. The molecule has 0 bridgehead atoms. The number of alkyl halides is 3. The highest BCUT2D eigenvalue weighted by Gasteiger charge is 2.41. The van der Waals surface area contributed by atoms with E-state index in [1.54, 1.807) is 12.1 Å². The number of benzene rings is 2. The topological polar surface area (TPSA) is 86.5 Å². The number of halogens is 3. The van der Waals surface area contributed by atoms with Crippen LogP contribution in [0, 0.1) is 6.92 Å². The highest BCUT2D eigenvalue weighted by atomic mass is 19.4. The third kappa shape index (κ3) is 4.81. The molecule has 1 spiro atoms. The summed E-state index contributed by atoms with van der Waals surface area (Å²) < 4.78 is 51.0. The minimum absolute atomic E-state index is 0.127. The van der Waals surface area contributed by atoms with Gasteiger partial charge in [-0.2, -0.15) is 13.2 Å². The van der Waals surface area contributed by atoms with Crippen molar-refractivity contribution < 1.29 is 27.4 Å². The van der Waals surface area contributed by atoms with Gasteiger partial charge in [-0.15, -0.1) is 0 Å². The lowest BCUT2D eigenvalue weighted by Gasteiger charge is -2.43. The number of rotatable bonds is 3. The predicted molar refractivity (Wildman–Crippen MR) is 129 cm³/mol. The number of anilines is 1. The third-order valence-electron chi connectivity index (χ3n) is 6.85. The van der Waals surface area contributed by atoms with E-state index in [0.29, 0.717) is 18.9 Å². The zero-order chi connectivity index (χ0) is 25.5. The Bertz CT molecular complexity index is 1300. The van der Waals surface area contributed by atoms with Crippen molar-refractivity contribution in [3.63, 3.8) is 0 Å². The number of aromatic nitrogens is 1. The van der Waals surface area contributed by atoms with E-state index in [1.165, 1.54) is 6.07 Å². The summed E-state index contributed by atoms with van der Waals surface area (Å²) in [6.45, 7) is 3.24. The van der Waals surface area contributed by atoms with Crippen LogP contribution in [0.15, 0.2) is 54.7 Å². The Balaban J connectivity index is 1.42. The highest BCUT2D eigenvalue weighted by molar-refractivity contribution is 6.04. The van der Waals surface area contributed by atoms with Gasteiger partial charge in [-0.1, -0.05) is 18.2 Å². The Kier molecular flexibility index (Phi) is 6.22. The maximum absolute atomic E-state index is 13.0. The minimum Gasteiger partial charge on any atom is -0.487 e. The Morgan fingerprint density at radius 2 is 1.89 bits per heavy atom. The second-order valence-corrected chi connectivity index (χ2v) is 9.37. The zero-order valence-corrected chi connectivity index (χ0v) is 19.7. The van der Waals surface area contributed by atoms with E-state index in [1.807, 2.05) is 31.2 Å². The van der Waals surface area contributed by atoms with Crippen LogP contribution in [-0.4, -0.2) is 29.7 Å². The summed E-state index contributed by atoms with van der Waals surface area (Å²) in [5.74, 6) is 0.0948. The molecule has 1 unspecified atom stereocenters. The highest BCUT2D eigenvalue weighted by Crippen LogP contribution is 2.44. The maximum atomic E-state index is 13.0. The number of carbonyl (C=O) groups is 1. The summed E-state index contributed by atoms with van der Waals surface area (Å²) in [6.07, 6.45) is -1.34. The number of hydrogen-bond acceptors (Lipinski definition) is 5. The van der Waals surface area contributed by atoms with Crippen LogP contribution in [0.25, 0.3) is 11.1 Å². The molecule has 1 saturated heterocycles. The van der Waals surface area contributed by atoms with Crippen LogP contribution in [0.3, 0.4) is 0 Å². The average Bonchev–Trinajstić information content (AvgIpc) is 2.85. The number of carbonyl (C=O) groups excluding carboxylic acids is 1. The van der Waals surface area contributed by atoms with Crippen LogP contribution < -0.4 is 15.8 Å². The summed E-state index contributed by atoms with van der Waals surface area (Å²) in [6, 6.07) is 13.1. The molecule has 6 nitrogen and oxygen atoms in total. The smallest absolute Gasteiger partial charge is 0.433 e. The minimum atomic E-state index is -4.63. The predicted octanol–water partition coefficient (Wildman–Crippen LogP) is 5.66. The van der Waals surface area contributed by atoms with E-state index in [-0.39, 0.29) is 17.2 Å². The lowest BCUT2D eigenvalue weighted by molar-refractivity contribution is -0.141. The first-order chi connectivity index (χ1) is 17.1. The van der Waals surface area contributed by atoms with Crippen molar-refractivity contribution in [1.82, 2.24) is 4.98 Å². The molecule has 2 aliphatic rings. The summed E-state index contributed by atoms with van der Waals surface area (Å²) in [4.78, 5) is 16.0. The van der Waals surface area contributed by atoms with Gasteiger partial charge in [0.05, 0.1) is 13.2 Å². The summed E-state index contributed by atoms with van der Waals surface area (Å²) in [7, 11) is 0. The number of nitrogens with two attached hydrogens (primary N) is 1. The van der Waals surface area contributed by atoms with Gasteiger partial charge >= 0.3 is 6.18 Å². The zero-order valence-electron chi connectivity index (χ0n) is 19.7. The van der Waals surface area contributed by atoms with Crippen LogP contribution in [0.1, 0.15) is 52.5 Å². The van der Waals surface area contributed by atoms with E-state index in [0.717, 1.165) is 59.5 Å². The molecule has 2 aliphatic heterocycles. The third-order valence-corrected chi connectivity index (χ3v) is 6.85. The van der Waals surface area contributed by atoms with Crippen LogP contribution >= 0.6 is 0 Å². The number of nitrogens with zero attached hydrogens (tertiary/aromatic N) is 1. The maximum Gasteiger partial charge on any atom is 0.433 e. The molecule has 1 amide bonds. The molecule has 36 heavy (non-hydrogen) atoms. The lowest BCUT2D eigenvalue weighted by atomic mass is 9.82. The van der Waals surface area contributed by atoms with E-state index >= 15 is 0 Å². The van der Waals surface area contributed by atoms with Gasteiger partial charge in [-0.3, -0.25) is 9.78 Å². The van der Waals surface area contributed by atoms with E-state index in [4.69, 9.17) is 15.2 Å². The first-order valence-electron chi connectivity index (χ1n) is 11.8. The standard InChI is InChI=1S/C27H26F3N3O3/c1-16-2-4-19(33-25(34)18-6-9-32-24(13-18)27(28,29)30)14-21(16)17-3-5-20-22(31)15-26(36-23(20)12-17)7-10-35-11-8-26/h2-6,9,12-14,22H,7-8,10-11,15,31H2,1H3,(H,33,34). The summed E-state index contributed by atoms with van der Waals surface area (Å²) in [5.41, 5.74) is 9.07. The quantitative estimate of drug-likeness (QED) is 0.488. The van der Waals surface area contributed by atoms with Gasteiger partial charge in [-0.05, 0) is 53.9 Å². The van der Waals surface area contributed by atoms with Gasteiger partial charge in [0.15, 0.2) is 0 Å². The molecule has 3 N–H and O–H groups in total. The molecule has 1 atom stereocenters. The fourth-order valence-corrected chi connectivity index (χ4v) is 4.87. The fraction of sp³-hybridized carbons (Fsp3) is 0.333. The first kappa shape index (κ1) is 24.3. The number of hydrogen-bond donors (Lipinski definition) is 2. The Hall–Kier alpha value is -3.43. The van der Waals surface area contributed by atoms with Crippen molar-refractivity contribution in [2.24, 2.45) is 5.73 Å². The number of amides is 1. The molecular weight excluding hydrogens is 471 g/mol. The summed E-state index contributed by atoms with van der Waals surface area (Å²) >= 11 is 0. The molecule has 5 rings (SSSR count). The number of ether oxygens (including phenoxy) is 2. The molecular formula is C27H26F3N3O3. The van der Waals surface area contributed by atoms with E-state index in [9.17, 15) is 18.0 Å². The Morgan fingerprint density at radius 3 is 2.64 bits per heavy atom. The van der Waals surface area contributed by atoms with Crippen LogP contribution in [0.5, 0.6) is 5.75 Å². The molecule has 1 fully saturated rings. The van der Waals surface area contributed by atoms with Crippen LogP contribution in [0.2, 0.25) is 0 Å². The van der Waals surface area contributed by atoms with Crippen molar-refractivity contribution >= 4 is 11.6 Å². The fourth-order valence-electron chi connectivity index (χ4n) is 4.87. The van der Waals surface area contributed by atoms with Crippen molar-refractivity contribution in [3.8, 4) is 16.9 Å². The van der Waals surface area contributed by atoms with Gasteiger partial charge in [0.2, 0.25) is 0 Å². The monoisotopic (exact) mass is 497 g/mol. The second kappa shape index (κ2) is 9.22. The van der Waals surface area contributed by atoms with Crippen molar-refractivity contribution in [2.75, 3.05) is 18.5 Å². The SMILES string of the molecule is Cc1ccc(NC(=O)c2ccnc(C(F)(F)F)c2)cc1-c1ccc2c(c1)OC1(CCOCC1)CC2N. The molecule has 0 radical (unpaired) electrons. The van der Waals surface area contributed by atoms with Crippen molar-refractivity contribution in [3.05, 3.63) is 77.1 Å². The van der Waals surface area contributed by atoms with Crippen molar-refractivity contribution in [1.29, 1.82) is 0 Å². The average molecular weight is 498 g/mol. The molecule has 188 valence electrons. The molecule has 3 aromatic rings. The first-order valence-corrected chi connectivity index (χ1v) is 11.8. The molecule has 0 saturated carbocycles. The molecule has 9 heteroatoms. The van der Waals surface area contributed by atoms with E-state index < -0.39 is 17.8 Å². The van der Waals surface area contributed by atoms with E-state index in [2.05, 4.69) is 10.3 Å². The lowest BCUT2D eigenvalue weighted by Crippen LogP contribution is -2.47. The number of fused-ring (bicyclic) bond motifs is 1. The molecule has 1 aromatic heterocycles. The normalized spacial score (nSPS) is 18.9. The number of pyridine rings is 1.